The molecule has 2 aromatic carbocycles. The van der Waals surface area contributed by atoms with Gasteiger partial charge in [0.05, 0.1) is 12.5 Å². The van der Waals surface area contributed by atoms with Crippen LogP contribution in [0, 0.1) is 0 Å². The fraction of sp³-hybridized carbons (Fsp3) is 0.182. The first-order chi connectivity index (χ1) is 13.6. The van der Waals surface area contributed by atoms with Crippen molar-refractivity contribution in [2.75, 3.05) is 13.7 Å². The average molecular weight is 378 g/mol. The van der Waals surface area contributed by atoms with E-state index in [-0.39, 0.29) is 5.43 Å². The van der Waals surface area contributed by atoms with Gasteiger partial charge in [-0.15, -0.1) is 0 Å². The maximum Gasteiger partial charge on any atom is 0.341 e. The number of aliphatic carboxylic acids is 1. The van der Waals surface area contributed by atoms with Crippen LogP contribution >= 0.6 is 0 Å². The predicted molar refractivity (Wildman–Crippen MR) is 105 cm³/mol. The molecule has 4 rings (SSSR count). The van der Waals surface area contributed by atoms with Crippen LogP contribution in [0.1, 0.15) is 23.3 Å². The van der Waals surface area contributed by atoms with Gasteiger partial charge in [0.2, 0.25) is 0 Å². The fourth-order valence-corrected chi connectivity index (χ4v) is 3.42. The number of ether oxygens (including phenoxy) is 2. The van der Waals surface area contributed by atoms with Crippen molar-refractivity contribution in [3.63, 3.8) is 0 Å². The SMILES string of the molecule is COc1ccccc1C=C1CCc2c1oc1cc(OCC(=O)O)ccc1c2=O. The van der Waals surface area contributed by atoms with E-state index in [1.807, 2.05) is 30.3 Å². The second kappa shape index (κ2) is 7.23. The van der Waals surface area contributed by atoms with Crippen molar-refractivity contribution in [1.29, 1.82) is 0 Å². The molecule has 0 aliphatic heterocycles. The summed E-state index contributed by atoms with van der Waals surface area (Å²) in [5.74, 6) is 0.582. The lowest BCUT2D eigenvalue weighted by Crippen LogP contribution is -2.10. The Kier molecular flexibility index (Phi) is 4.61. The average Bonchev–Trinajstić information content (AvgIpc) is 3.09. The van der Waals surface area contributed by atoms with Crippen LogP contribution in [0.2, 0.25) is 0 Å². The Bertz CT molecular complexity index is 1160. The van der Waals surface area contributed by atoms with Crippen molar-refractivity contribution in [1.82, 2.24) is 0 Å². The molecule has 142 valence electrons. The van der Waals surface area contributed by atoms with E-state index >= 15 is 0 Å². The topological polar surface area (TPSA) is 86.0 Å². The smallest absolute Gasteiger partial charge is 0.341 e. The van der Waals surface area contributed by atoms with Gasteiger partial charge in [-0.3, -0.25) is 4.79 Å². The van der Waals surface area contributed by atoms with Crippen LogP contribution in [0.3, 0.4) is 0 Å². The number of carboxylic acid groups (broad SMARTS) is 1. The lowest BCUT2D eigenvalue weighted by molar-refractivity contribution is -0.139. The zero-order valence-electron chi connectivity index (χ0n) is 15.2. The van der Waals surface area contributed by atoms with Gasteiger partial charge in [0.1, 0.15) is 22.8 Å². The summed E-state index contributed by atoms with van der Waals surface area (Å²) < 4.78 is 16.6. The van der Waals surface area contributed by atoms with Crippen LogP contribution in [0.5, 0.6) is 11.5 Å². The first-order valence-corrected chi connectivity index (χ1v) is 8.85. The summed E-state index contributed by atoms with van der Waals surface area (Å²) in [6.07, 6.45) is 3.29. The molecule has 6 nitrogen and oxygen atoms in total. The monoisotopic (exact) mass is 378 g/mol. The van der Waals surface area contributed by atoms with Crippen molar-refractivity contribution >= 4 is 28.6 Å². The summed E-state index contributed by atoms with van der Waals surface area (Å²) in [6, 6.07) is 12.4. The molecule has 0 fully saturated rings. The standard InChI is InChI=1S/C22H18O6/c1-26-18-5-3-2-4-13(18)10-14-6-8-17-21(25)16-9-7-15(27-12-20(23)24)11-19(16)28-22(14)17/h2-5,7,9-11H,6,8,12H2,1H3,(H,23,24). The zero-order valence-corrected chi connectivity index (χ0v) is 15.2. The zero-order chi connectivity index (χ0) is 19.7. The molecule has 0 spiro atoms. The van der Waals surface area contributed by atoms with E-state index in [4.69, 9.17) is 19.0 Å². The Labute approximate surface area is 160 Å². The Morgan fingerprint density at radius 3 is 2.82 bits per heavy atom. The normalized spacial score (nSPS) is 14.2. The van der Waals surface area contributed by atoms with Gasteiger partial charge in [-0.2, -0.15) is 0 Å². The third-order valence-electron chi connectivity index (χ3n) is 4.72. The highest BCUT2D eigenvalue weighted by atomic mass is 16.5. The molecule has 0 unspecified atom stereocenters. The van der Waals surface area contributed by atoms with Gasteiger partial charge in [-0.05, 0) is 42.7 Å². The summed E-state index contributed by atoms with van der Waals surface area (Å²) in [6.45, 7) is -0.459. The molecule has 0 saturated carbocycles. The molecule has 28 heavy (non-hydrogen) atoms. The van der Waals surface area contributed by atoms with Gasteiger partial charge in [-0.25, -0.2) is 4.79 Å². The minimum atomic E-state index is -1.07. The van der Waals surface area contributed by atoms with Gasteiger partial charge in [0, 0.05) is 17.2 Å². The number of fused-ring (bicyclic) bond motifs is 2. The third-order valence-corrected chi connectivity index (χ3v) is 4.72. The third kappa shape index (κ3) is 3.24. The summed E-state index contributed by atoms with van der Waals surface area (Å²) in [5.41, 5.74) is 2.81. The van der Waals surface area contributed by atoms with E-state index in [0.29, 0.717) is 40.9 Å². The number of carbonyl (C=O) groups is 1. The molecule has 0 atom stereocenters. The molecule has 1 aliphatic rings. The van der Waals surface area contributed by atoms with Crippen LogP contribution in [-0.4, -0.2) is 24.8 Å². The number of carboxylic acids is 1. The van der Waals surface area contributed by atoms with Crippen molar-refractivity contribution in [3.8, 4) is 11.5 Å². The number of hydrogen-bond acceptors (Lipinski definition) is 5. The van der Waals surface area contributed by atoms with Crippen LogP contribution < -0.4 is 14.9 Å². The summed E-state index contributed by atoms with van der Waals surface area (Å²) >= 11 is 0. The van der Waals surface area contributed by atoms with Gasteiger partial charge >= 0.3 is 5.97 Å². The molecule has 1 aliphatic carbocycles. The van der Waals surface area contributed by atoms with Crippen LogP contribution in [0.25, 0.3) is 22.6 Å². The molecular formula is C22H18O6. The van der Waals surface area contributed by atoms with Crippen LogP contribution in [0.4, 0.5) is 0 Å². The molecule has 0 saturated heterocycles. The molecule has 1 heterocycles. The number of methoxy groups -OCH3 is 1. The molecule has 1 aromatic heterocycles. The second-order valence-electron chi connectivity index (χ2n) is 6.49. The number of hydrogen-bond donors (Lipinski definition) is 1. The van der Waals surface area contributed by atoms with Gasteiger partial charge in [0.25, 0.3) is 0 Å². The second-order valence-corrected chi connectivity index (χ2v) is 6.49. The Balaban J connectivity index is 1.80. The highest BCUT2D eigenvalue weighted by Crippen LogP contribution is 2.36. The molecule has 3 aromatic rings. The minimum absolute atomic E-state index is 0.0653. The van der Waals surface area contributed by atoms with E-state index in [1.54, 1.807) is 25.3 Å². The highest BCUT2D eigenvalue weighted by molar-refractivity contribution is 5.88. The van der Waals surface area contributed by atoms with Gasteiger partial charge in [-0.1, -0.05) is 18.2 Å². The molecular weight excluding hydrogens is 360 g/mol. The maximum atomic E-state index is 12.9. The van der Waals surface area contributed by atoms with Crippen LogP contribution in [0.15, 0.2) is 51.7 Å². The van der Waals surface area contributed by atoms with E-state index in [1.165, 1.54) is 0 Å². The number of allylic oxidation sites excluding steroid dienone is 1. The summed E-state index contributed by atoms with van der Waals surface area (Å²) in [4.78, 5) is 23.6. The first kappa shape index (κ1) is 17.9. The van der Waals surface area contributed by atoms with Crippen molar-refractivity contribution in [2.24, 2.45) is 0 Å². The maximum absolute atomic E-state index is 12.9. The largest absolute Gasteiger partial charge is 0.496 e. The van der Waals surface area contributed by atoms with Crippen molar-refractivity contribution in [2.45, 2.75) is 12.8 Å². The van der Waals surface area contributed by atoms with Crippen LogP contribution in [-0.2, 0) is 11.2 Å². The first-order valence-electron chi connectivity index (χ1n) is 8.85. The van der Waals surface area contributed by atoms with E-state index < -0.39 is 12.6 Å². The quantitative estimate of drug-likeness (QED) is 0.728. The molecule has 0 amide bonds. The number of para-hydroxylation sites is 1. The molecule has 6 heteroatoms. The van der Waals surface area contributed by atoms with Crippen molar-refractivity contribution in [3.05, 3.63) is 69.6 Å². The molecule has 1 N–H and O–H groups in total. The highest BCUT2D eigenvalue weighted by Gasteiger charge is 2.24. The Morgan fingerprint density at radius 1 is 1.21 bits per heavy atom. The molecule has 0 bridgehead atoms. The van der Waals surface area contributed by atoms with Crippen molar-refractivity contribution < 1.29 is 23.8 Å². The lowest BCUT2D eigenvalue weighted by atomic mass is 10.1. The van der Waals surface area contributed by atoms with Gasteiger partial charge < -0.3 is 19.0 Å². The molecule has 0 radical (unpaired) electrons. The van der Waals surface area contributed by atoms with E-state index in [0.717, 1.165) is 16.9 Å². The van der Waals surface area contributed by atoms with Gasteiger partial charge in [0.15, 0.2) is 12.0 Å². The summed E-state index contributed by atoms with van der Waals surface area (Å²) in [7, 11) is 1.62. The summed E-state index contributed by atoms with van der Waals surface area (Å²) in [5, 5.41) is 9.22. The van der Waals surface area contributed by atoms with E-state index in [2.05, 4.69) is 0 Å². The van der Waals surface area contributed by atoms with E-state index in [9.17, 15) is 9.59 Å². The number of benzene rings is 2. The Hall–Kier alpha value is -3.54. The Morgan fingerprint density at radius 2 is 2.04 bits per heavy atom. The predicted octanol–water partition coefficient (Wildman–Crippen LogP) is 3.75. The lowest BCUT2D eigenvalue weighted by Gasteiger charge is -2.08. The fourth-order valence-electron chi connectivity index (χ4n) is 3.42. The number of rotatable bonds is 5. The minimum Gasteiger partial charge on any atom is -0.496 e.